The Morgan fingerprint density at radius 1 is 0.892 bits per heavy atom. The van der Waals surface area contributed by atoms with Crippen molar-refractivity contribution in [1.29, 1.82) is 0 Å². The number of fused-ring (bicyclic) bond motifs is 2. The second-order valence-corrected chi connectivity index (χ2v) is 9.28. The standard InChI is InChI=1S/C30H27N5O2/c1-19-33-30(37-35-19)15-14-29(36)34-26-11-5-2-8-20(26)16-23(24-17-31-27-12-6-3-9-21(24)27)25-18-32-28-13-7-4-10-22(25)28/h2-13,17-18,23,31-32H,14-16H2,1H3,(H,34,36). The maximum Gasteiger partial charge on any atom is 0.227 e. The van der Waals surface area contributed by atoms with Crippen molar-refractivity contribution in [3.8, 4) is 0 Å². The molecule has 0 fully saturated rings. The van der Waals surface area contributed by atoms with Crippen LogP contribution in [0.4, 0.5) is 5.69 Å². The van der Waals surface area contributed by atoms with Gasteiger partial charge in [0.15, 0.2) is 5.82 Å². The van der Waals surface area contributed by atoms with Gasteiger partial charge in [0.2, 0.25) is 11.8 Å². The lowest BCUT2D eigenvalue weighted by molar-refractivity contribution is -0.116. The number of aromatic amines is 2. The molecule has 0 unspecified atom stereocenters. The number of carbonyl (C=O) groups excluding carboxylic acids is 1. The van der Waals surface area contributed by atoms with E-state index in [9.17, 15) is 4.79 Å². The lowest BCUT2D eigenvalue weighted by atomic mass is 9.85. The molecule has 6 rings (SSSR count). The number of rotatable bonds is 8. The summed E-state index contributed by atoms with van der Waals surface area (Å²) >= 11 is 0. The highest BCUT2D eigenvalue weighted by Gasteiger charge is 2.23. The van der Waals surface area contributed by atoms with Crippen molar-refractivity contribution in [2.75, 3.05) is 5.32 Å². The summed E-state index contributed by atoms with van der Waals surface area (Å²) < 4.78 is 5.15. The zero-order chi connectivity index (χ0) is 25.2. The third kappa shape index (κ3) is 4.63. The van der Waals surface area contributed by atoms with Gasteiger partial charge in [-0.25, -0.2) is 0 Å². The summed E-state index contributed by atoms with van der Waals surface area (Å²) in [6.45, 7) is 1.77. The Morgan fingerprint density at radius 2 is 1.51 bits per heavy atom. The van der Waals surface area contributed by atoms with Crippen molar-refractivity contribution < 1.29 is 9.32 Å². The van der Waals surface area contributed by atoms with Gasteiger partial charge >= 0.3 is 0 Å². The van der Waals surface area contributed by atoms with Crippen LogP contribution in [0.5, 0.6) is 0 Å². The molecule has 0 aliphatic rings. The van der Waals surface area contributed by atoms with Gasteiger partial charge in [0, 0.05) is 58.6 Å². The van der Waals surface area contributed by atoms with Gasteiger partial charge in [0.1, 0.15) is 0 Å². The van der Waals surface area contributed by atoms with Crippen LogP contribution in [0, 0.1) is 6.92 Å². The Labute approximate surface area is 213 Å². The van der Waals surface area contributed by atoms with Gasteiger partial charge in [-0.2, -0.15) is 4.98 Å². The minimum Gasteiger partial charge on any atom is -0.361 e. The van der Waals surface area contributed by atoms with E-state index in [1.165, 1.54) is 21.9 Å². The first kappa shape index (κ1) is 22.8. The number of H-pyrrole nitrogens is 2. The molecule has 0 saturated heterocycles. The van der Waals surface area contributed by atoms with Crippen molar-refractivity contribution in [2.45, 2.75) is 32.1 Å². The Kier molecular flexibility index (Phi) is 6.02. The van der Waals surface area contributed by atoms with Crippen molar-refractivity contribution in [1.82, 2.24) is 20.1 Å². The molecule has 7 heteroatoms. The fourth-order valence-electron chi connectivity index (χ4n) is 5.07. The van der Waals surface area contributed by atoms with Crippen molar-refractivity contribution in [3.05, 3.63) is 114 Å². The van der Waals surface area contributed by atoms with Gasteiger partial charge in [0.05, 0.1) is 0 Å². The minimum absolute atomic E-state index is 0.0757. The Morgan fingerprint density at radius 3 is 2.16 bits per heavy atom. The molecule has 3 heterocycles. The van der Waals surface area contributed by atoms with Crippen LogP contribution < -0.4 is 5.32 Å². The minimum atomic E-state index is -0.0842. The average Bonchev–Trinajstić information content (AvgIpc) is 3.65. The molecule has 37 heavy (non-hydrogen) atoms. The maximum atomic E-state index is 12.8. The molecule has 6 aromatic rings. The summed E-state index contributed by atoms with van der Waals surface area (Å²) in [5.41, 5.74) is 6.57. The fourth-order valence-corrected chi connectivity index (χ4v) is 5.07. The van der Waals surface area contributed by atoms with Gasteiger partial charge in [0.25, 0.3) is 0 Å². The highest BCUT2D eigenvalue weighted by Crippen LogP contribution is 2.38. The predicted molar refractivity (Wildman–Crippen MR) is 145 cm³/mol. The molecule has 0 aliphatic heterocycles. The zero-order valence-electron chi connectivity index (χ0n) is 20.5. The summed E-state index contributed by atoms with van der Waals surface area (Å²) in [5, 5.41) is 9.31. The van der Waals surface area contributed by atoms with Crippen LogP contribution in [0.15, 0.2) is 89.7 Å². The Hall–Kier alpha value is -4.65. The third-order valence-electron chi connectivity index (χ3n) is 6.84. The number of benzene rings is 3. The smallest absolute Gasteiger partial charge is 0.227 e. The number of amides is 1. The SMILES string of the molecule is Cc1noc(CCC(=O)Nc2ccccc2CC(c2c[nH]c3ccccc23)c2c[nH]c3ccccc23)n1. The number of nitrogens with one attached hydrogen (secondary N) is 3. The summed E-state index contributed by atoms with van der Waals surface area (Å²) in [4.78, 5) is 23.9. The fraction of sp³-hybridized carbons (Fsp3) is 0.167. The van der Waals surface area contributed by atoms with Crippen molar-refractivity contribution in [3.63, 3.8) is 0 Å². The molecule has 1 amide bonds. The van der Waals surface area contributed by atoms with E-state index in [0.29, 0.717) is 18.1 Å². The molecule has 0 radical (unpaired) electrons. The first-order chi connectivity index (χ1) is 18.2. The monoisotopic (exact) mass is 489 g/mol. The lowest BCUT2D eigenvalue weighted by Crippen LogP contribution is -2.15. The number of hydrogen-bond donors (Lipinski definition) is 3. The van der Waals surface area contributed by atoms with E-state index in [4.69, 9.17) is 4.52 Å². The number of para-hydroxylation sites is 3. The molecule has 0 aliphatic carbocycles. The molecule has 3 N–H and O–H groups in total. The van der Waals surface area contributed by atoms with E-state index in [1.54, 1.807) is 6.92 Å². The predicted octanol–water partition coefficient (Wildman–Crippen LogP) is 6.29. The summed E-state index contributed by atoms with van der Waals surface area (Å²) in [5.74, 6) is 1.03. The van der Waals surface area contributed by atoms with Crippen LogP contribution in [0.25, 0.3) is 21.8 Å². The van der Waals surface area contributed by atoms with E-state index in [0.717, 1.165) is 28.7 Å². The Balaban J connectivity index is 1.33. The molecule has 184 valence electrons. The molecule has 0 atom stereocenters. The lowest BCUT2D eigenvalue weighted by Gasteiger charge is -2.19. The van der Waals surface area contributed by atoms with E-state index in [-0.39, 0.29) is 18.2 Å². The van der Waals surface area contributed by atoms with E-state index in [2.05, 4.69) is 80.3 Å². The number of hydrogen-bond acceptors (Lipinski definition) is 4. The number of anilines is 1. The van der Waals surface area contributed by atoms with Gasteiger partial charge in [-0.15, -0.1) is 0 Å². The van der Waals surface area contributed by atoms with Crippen LogP contribution in [-0.4, -0.2) is 26.0 Å². The van der Waals surface area contributed by atoms with Gasteiger partial charge in [-0.1, -0.05) is 59.8 Å². The normalized spacial score (nSPS) is 11.5. The maximum absolute atomic E-state index is 12.8. The number of aromatic nitrogens is 4. The zero-order valence-corrected chi connectivity index (χ0v) is 20.5. The number of aryl methyl sites for hydroxylation is 2. The topological polar surface area (TPSA) is 99.6 Å². The largest absolute Gasteiger partial charge is 0.361 e. The van der Waals surface area contributed by atoms with Crippen LogP contribution in [-0.2, 0) is 17.6 Å². The third-order valence-corrected chi connectivity index (χ3v) is 6.84. The second kappa shape index (κ2) is 9.78. The summed E-state index contributed by atoms with van der Waals surface area (Å²) in [7, 11) is 0. The average molecular weight is 490 g/mol. The van der Waals surface area contributed by atoms with E-state index < -0.39 is 0 Å². The first-order valence-electron chi connectivity index (χ1n) is 12.4. The molecule has 0 spiro atoms. The molecule has 3 aromatic heterocycles. The summed E-state index contributed by atoms with van der Waals surface area (Å²) in [6.07, 6.45) is 5.63. The molecule has 7 nitrogen and oxygen atoms in total. The number of carbonyl (C=O) groups is 1. The van der Waals surface area contributed by atoms with E-state index in [1.807, 2.05) is 30.3 Å². The van der Waals surface area contributed by atoms with Crippen LogP contribution in [0.3, 0.4) is 0 Å². The second-order valence-electron chi connectivity index (χ2n) is 9.28. The molecular formula is C30H27N5O2. The number of nitrogens with zero attached hydrogens (tertiary/aromatic N) is 2. The van der Waals surface area contributed by atoms with Crippen molar-refractivity contribution >= 4 is 33.4 Å². The first-order valence-corrected chi connectivity index (χ1v) is 12.4. The summed E-state index contributed by atoms with van der Waals surface area (Å²) in [6, 6.07) is 24.8. The van der Waals surface area contributed by atoms with Crippen LogP contribution in [0.2, 0.25) is 0 Å². The van der Waals surface area contributed by atoms with E-state index >= 15 is 0 Å². The highest BCUT2D eigenvalue weighted by atomic mass is 16.5. The molecule has 0 bridgehead atoms. The van der Waals surface area contributed by atoms with Gasteiger partial charge < -0.3 is 19.8 Å². The van der Waals surface area contributed by atoms with Gasteiger partial charge in [-0.05, 0) is 48.2 Å². The molecular weight excluding hydrogens is 462 g/mol. The molecule has 0 saturated carbocycles. The van der Waals surface area contributed by atoms with Gasteiger partial charge in [-0.3, -0.25) is 4.79 Å². The highest BCUT2D eigenvalue weighted by molar-refractivity contribution is 5.92. The molecule has 3 aromatic carbocycles. The Bertz CT molecular complexity index is 1620. The van der Waals surface area contributed by atoms with Crippen LogP contribution >= 0.6 is 0 Å². The van der Waals surface area contributed by atoms with Crippen molar-refractivity contribution in [2.24, 2.45) is 0 Å². The quantitative estimate of drug-likeness (QED) is 0.234. The van der Waals surface area contributed by atoms with Crippen LogP contribution in [0.1, 0.15) is 40.7 Å².